The molecule has 2 heterocycles. The number of aryl methyl sites for hydroxylation is 1. The minimum absolute atomic E-state index is 0.436. The van der Waals surface area contributed by atoms with Crippen LogP contribution in [0.3, 0.4) is 0 Å². The lowest BCUT2D eigenvalue weighted by molar-refractivity contribution is 0.298. The van der Waals surface area contributed by atoms with Crippen LogP contribution in [0.2, 0.25) is 0 Å². The molecule has 1 aliphatic heterocycles. The van der Waals surface area contributed by atoms with E-state index in [4.69, 9.17) is 4.74 Å². The van der Waals surface area contributed by atoms with E-state index in [0.717, 1.165) is 54.8 Å². The van der Waals surface area contributed by atoms with Gasteiger partial charge in [-0.1, -0.05) is 35.9 Å². The Morgan fingerprint density at radius 3 is 2.63 bits per heavy atom. The molecule has 2 N–H and O–H groups in total. The highest BCUT2D eigenvalue weighted by Crippen LogP contribution is 2.27. The predicted molar refractivity (Wildman–Crippen MR) is 118 cm³/mol. The summed E-state index contributed by atoms with van der Waals surface area (Å²) >= 11 is 0. The summed E-state index contributed by atoms with van der Waals surface area (Å²) in [4.78, 5) is 11.1. The second kappa shape index (κ2) is 9.43. The van der Waals surface area contributed by atoms with E-state index in [0.29, 0.717) is 12.5 Å². The molecule has 0 unspecified atom stereocenters. The Morgan fingerprint density at radius 1 is 1.17 bits per heavy atom. The fraction of sp³-hybridized carbons (Fsp3) is 0.348. The van der Waals surface area contributed by atoms with Crippen LogP contribution in [0.4, 0.5) is 0 Å². The Hall–Kier alpha value is -3.35. The zero-order valence-electron chi connectivity index (χ0n) is 17.5. The molecule has 2 aromatic carbocycles. The van der Waals surface area contributed by atoms with Crippen molar-refractivity contribution < 1.29 is 4.74 Å². The molecular formula is C23H28N6O. The quantitative estimate of drug-likeness (QED) is 0.499. The maximum absolute atomic E-state index is 6.12. The van der Waals surface area contributed by atoms with Crippen molar-refractivity contribution in [2.24, 2.45) is 4.99 Å². The lowest BCUT2D eigenvalue weighted by Crippen LogP contribution is -2.45. The van der Waals surface area contributed by atoms with Gasteiger partial charge in [-0.25, -0.2) is 4.98 Å². The smallest absolute Gasteiger partial charge is 0.193 e. The summed E-state index contributed by atoms with van der Waals surface area (Å²) in [6.45, 7) is 4.59. The molecule has 0 saturated carbocycles. The number of likely N-dealkylation sites (tertiary alicyclic amines) is 1. The van der Waals surface area contributed by atoms with E-state index < -0.39 is 0 Å². The summed E-state index contributed by atoms with van der Waals surface area (Å²) in [5, 5.41) is 10.5. The van der Waals surface area contributed by atoms with Gasteiger partial charge < -0.3 is 15.0 Å². The topological polar surface area (TPSA) is 78.4 Å². The van der Waals surface area contributed by atoms with E-state index in [1.165, 1.54) is 5.56 Å². The Labute approximate surface area is 177 Å². The van der Waals surface area contributed by atoms with E-state index in [1.807, 2.05) is 37.4 Å². The molecule has 0 radical (unpaired) electrons. The van der Waals surface area contributed by atoms with Gasteiger partial charge in [0.25, 0.3) is 0 Å². The van der Waals surface area contributed by atoms with E-state index in [-0.39, 0.29) is 0 Å². The van der Waals surface area contributed by atoms with E-state index >= 15 is 0 Å². The van der Waals surface area contributed by atoms with E-state index in [1.54, 1.807) is 6.33 Å². The van der Waals surface area contributed by atoms with Crippen LogP contribution >= 0.6 is 0 Å². The fourth-order valence-corrected chi connectivity index (χ4v) is 3.77. The summed E-state index contributed by atoms with van der Waals surface area (Å²) < 4.78 is 6.12. The number of benzene rings is 2. The van der Waals surface area contributed by atoms with Gasteiger partial charge in [-0.3, -0.25) is 10.1 Å². The zero-order valence-corrected chi connectivity index (χ0v) is 17.5. The fourth-order valence-electron chi connectivity index (χ4n) is 3.77. The molecule has 0 spiro atoms. The van der Waals surface area contributed by atoms with Gasteiger partial charge in [0.15, 0.2) is 5.96 Å². The number of hydrogen-bond acceptors (Lipinski definition) is 4. The summed E-state index contributed by atoms with van der Waals surface area (Å²) in [6, 6.07) is 16.2. The van der Waals surface area contributed by atoms with Crippen LogP contribution in [0, 0.1) is 6.92 Å². The molecule has 0 amide bonds. The minimum atomic E-state index is 0.436. The molecule has 0 atom stereocenters. The first kappa shape index (κ1) is 19.9. The van der Waals surface area contributed by atoms with Gasteiger partial charge in [0.1, 0.15) is 23.7 Å². The van der Waals surface area contributed by atoms with Gasteiger partial charge in [-0.15, -0.1) is 0 Å². The Bertz CT molecular complexity index is 960. The number of aliphatic imine (C=N–C) groups is 1. The lowest BCUT2D eigenvalue weighted by Gasteiger charge is -2.33. The second-order valence-electron chi connectivity index (χ2n) is 7.56. The van der Waals surface area contributed by atoms with Crippen LogP contribution in [-0.4, -0.2) is 46.2 Å². The standard InChI is InChI=1S/C23H28N6O/c1-17-7-9-20(10-8-17)30-21-6-4-3-5-19(21)15-25-23(24-2)29-13-11-18(12-14-29)22-26-16-27-28-22/h3-10,16,18H,11-15H2,1-2H3,(H,24,25)(H,26,27,28). The van der Waals surface area contributed by atoms with Crippen molar-refractivity contribution in [3.05, 3.63) is 71.8 Å². The molecule has 1 fully saturated rings. The number of aromatic nitrogens is 3. The summed E-state index contributed by atoms with van der Waals surface area (Å²) in [7, 11) is 1.83. The van der Waals surface area contributed by atoms with Gasteiger partial charge in [0, 0.05) is 38.2 Å². The van der Waals surface area contributed by atoms with Crippen molar-refractivity contribution in [1.29, 1.82) is 0 Å². The molecule has 1 aliphatic rings. The van der Waals surface area contributed by atoms with Crippen LogP contribution < -0.4 is 10.1 Å². The normalized spacial score (nSPS) is 15.3. The molecule has 156 valence electrons. The van der Waals surface area contributed by atoms with Crippen molar-refractivity contribution in [3.8, 4) is 11.5 Å². The average Bonchev–Trinajstić information content (AvgIpc) is 3.32. The third-order valence-corrected chi connectivity index (χ3v) is 5.49. The first-order valence-electron chi connectivity index (χ1n) is 10.4. The van der Waals surface area contributed by atoms with Crippen LogP contribution in [0.25, 0.3) is 0 Å². The minimum Gasteiger partial charge on any atom is -0.457 e. The molecule has 7 nitrogen and oxygen atoms in total. The van der Waals surface area contributed by atoms with Crippen molar-refractivity contribution >= 4 is 5.96 Å². The largest absolute Gasteiger partial charge is 0.457 e. The van der Waals surface area contributed by atoms with E-state index in [2.05, 4.69) is 55.5 Å². The highest BCUT2D eigenvalue weighted by atomic mass is 16.5. The third kappa shape index (κ3) is 4.79. The van der Waals surface area contributed by atoms with E-state index in [9.17, 15) is 0 Å². The highest BCUT2D eigenvalue weighted by molar-refractivity contribution is 5.80. The van der Waals surface area contributed by atoms with Gasteiger partial charge >= 0.3 is 0 Å². The first-order chi connectivity index (χ1) is 14.7. The Kier molecular flexibility index (Phi) is 6.27. The number of ether oxygens (including phenoxy) is 1. The number of guanidine groups is 1. The van der Waals surface area contributed by atoms with Crippen LogP contribution in [0.5, 0.6) is 11.5 Å². The van der Waals surface area contributed by atoms with Crippen LogP contribution in [-0.2, 0) is 6.54 Å². The van der Waals surface area contributed by atoms with Gasteiger partial charge in [-0.05, 0) is 38.0 Å². The molecule has 7 heteroatoms. The molecule has 0 aliphatic carbocycles. The SMILES string of the molecule is CN=C(NCc1ccccc1Oc1ccc(C)cc1)N1CCC(c2ncn[nH]2)CC1. The maximum Gasteiger partial charge on any atom is 0.193 e. The maximum atomic E-state index is 6.12. The number of nitrogens with one attached hydrogen (secondary N) is 2. The zero-order chi connectivity index (χ0) is 20.8. The number of aromatic amines is 1. The van der Waals surface area contributed by atoms with Crippen molar-refractivity contribution in [2.75, 3.05) is 20.1 Å². The predicted octanol–water partition coefficient (Wildman–Crippen LogP) is 3.86. The molecule has 4 rings (SSSR count). The highest BCUT2D eigenvalue weighted by Gasteiger charge is 2.24. The number of para-hydroxylation sites is 1. The lowest BCUT2D eigenvalue weighted by atomic mass is 9.96. The first-order valence-corrected chi connectivity index (χ1v) is 10.4. The molecule has 30 heavy (non-hydrogen) atoms. The summed E-state index contributed by atoms with van der Waals surface area (Å²) in [5.74, 6) is 4.03. The molecule has 0 bridgehead atoms. The Balaban J connectivity index is 1.36. The number of piperidine rings is 1. The Morgan fingerprint density at radius 2 is 1.93 bits per heavy atom. The molecule has 1 saturated heterocycles. The number of H-pyrrole nitrogens is 1. The number of rotatable bonds is 5. The molecule has 1 aromatic heterocycles. The van der Waals surface area contributed by atoms with Gasteiger partial charge in [0.05, 0.1) is 0 Å². The average molecular weight is 405 g/mol. The number of nitrogens with zero attached hydrogens (tertiary/aromatic N) is 4. The van der Waals surface area contributed by atoms with Crippen molar-refractivity contribution in [3.63, 3.8) is 0 Å². The monoisotopic (exact) mass is 404 g/mol. The van der Waals surface area contributed by atoms with Crippen LogP contribution in [0.15, 0.2) is 59.9 Å². The van der Waals surface area contributed by atoms with Crippen molar-refractivity contribution in [2.45, 2.75) is 32.2 Å². The molecular weight excluding hydrogens is 376 g/mol. The second-order valence-corrected chi connectivity index (χ2v) is 7.56. The van der Waals surface area contributed by atoms with Crippen molar-refractivity contribution in [1.82, 2.24) is 25.4 Å². The number of hydrogen-bond donors (Lipinski definition) is 2. The third-order valence-electron chi connectivity index (χ3n) is 5.49. The van der Waals surface area contributed by atoms with Crippen LogP contribution in [0.1, 0.15) is 35.7 Å². The summed E-state index contributed by atoms with van der Waals surface area (Å²) in [6.07, 6.45) is 3.64. The summed E-state index contributed by atoms with van der Waals surface area (Å²) in [5.41, 5.74) is 2.31. The van der Waals surface area contributed by atoms with Gasteiger partial charge in [0.2, 0.25) is 0 Å². The molecule has 3 aromatic rings. The van der Waals surface area contributed by atoms with Gasteiger partial charge in [-0.2, -0.15) is 5.10 Å².